The number of hydrogen-bond acceptors (Lipinski definition) is 6. The Labute approximate surface area is 175 Å². The van der Waals surface area contributed by atoms with Crippen molar-refractivity contribution in [3.63, 3.8) is 0 Å². The van der Waals surface area contributed by atoms with Gasteiger partial charge in [0, 0.05) is 37.3 Å². The number of nitrogens with zero attached hydrogens (tertiary/aromatic N) is 4. The van der Waals surface area contributed by atoms with E-state index in [1.807, 2.05) is 23.6 Å². The van der Waals surface area contributed by atoms with Gasteiger partial charge in [-0.15, -0.1) is 11.3 Å². The van der Waals surface area contributed by atoms with Crippen molar-refractivity contribution in [1.82, 2.24) is 14.9 Å². The van der Waals surface area contributed by atoms with E-state index in [-0.39, 0.29) is 17.5 Å². The van der Waals surface area contributed by atoms with Crippen LogP contribution in [-0.2, 0) is 17.4 Å². The summed E-state index contributed by atoms with van der Waals surface area (Å²) in [6.45, 7) is 6.40. The number of nitrogens with one attached hydrogen (secondary N) is 1. The Morgan fingerprint density at radius 1 is 1.31 bits per heavy atom. The third-order valence-corrected chi connectivity index (χ3v) is 5.87. The van der Waals surface area contributed by atoms with Crippen molar-refractivity contribution in [3.05, 3.63) is 33.4 Å². The van der Waals surface area contributed by atoms with Crippen LogP contribution in [0, 0.1) is 6.92 Å². The van der Waals surface area contributed by atoms with Gasteiger partial charge in [-0.3, -0.25) is 9.69 Å². The van der Waals surface area contributed by atoms with Crippen LogP contribution in [0.2, 0.25) is 5.02 Å². The summed E-state index contributed by atoms with van der Waals surface area (Å²) in [7, 11) is 0. The Morgan fingerprint density at radius 3 is 2.55 bits per heavy atom. The number of alkyl halides is 3. The summed E-state index contributed by atoms with van der Waals surface area (Å²) in [4.78, 5) is 25.5. The van der Waals surface area contributed by atoms with Crippen LogP contribution in [0.1, 0.15) is 23.1 Å². The highest BCUT2D eigenvalue weighted by atomic mass is 35.5. The molecule has 3 heterocycles. The van der Waals surface area contributed by atoms with Gasteiger partial charge in [-0.25, -0.2) is 9.97 Å². The zero-order valence-electron chi connectivity index (χ0n) is 16.0. The predicted octanol–water partition coefficient (Wildman–Crippen LogP) is 3.84. The minimum Gasteiger partial charge on any atom is -0.353 e. The molecule has 2 aromatic rings. The van der Waals surface area contributed by atoms with E-state index in [2.05, 4.69) is 15.3 Å². The molecule has 1 N–H and O–H groups in total. The van der Waals surface area contributed by atoms with E-state index in [0.717, 1.165) is 29.3 Å². The Bertz CT molecular complexity index is 881. The van der Waals surface area contributed by atoms with Crippen molar-refractivity contribution in [2.24, 2.45) is 0 Å². The van der Waals surface area contributed by atoms with Gasteiger partial charge in [-0.1, -0.05) is 18.5 Å². The fourth-order valence-electron chi connectivity index (χ4n) is 3.11. The molecule has 0 saturated carbocycles. The molecule has 11 heteroatoms. The summed E-state index contributed by atoms with van der Waals surface area (Å²) in [5.74, 6) is 0.190. The van der Waals surface area contributed by atoms with Crippen molar-refractivity contribution in [1.29, 1.82) is 0 Å². The Hall–Kier alpha value is -1.91. The highest BCUT2D eigenvalue weighted by Gasteiger charge is 2.32. The monoisotopic (exact) mass is 447 g/mol. The average molecular weight is 448 g/mol. The second-order valence-electron chi connectivity index (χ2n) is 6.71. The fourth-order valence-corrected chi connectivity index (χ4v) is 4.31. The van der Waals surface area contributed by atoms with E-state index in [4.69, 9.17) is 11.6 Å². The maximum atomic E-state index is 12.8. The van der Waals surface area contributed by atoms with E-state index < -0.39 is 11.7 Å². The number of anilines is 2. The van der Waals surface area contributed by atoms with Gasteiger partial charge in [0.25, 0.3) is 0 Å². The quantitative estimate of drug-likeness (QED) is 0.754. The Morgan fingerprint density at radius 2 is 2.00 bits per heavy atom. The van der Waals surface area contributed by atoms with Gasteiger partial charge >= 0.3 is 6.18 Å². The molecule has 1 saturated heterocycles. The van der Waals surface area contributed by atoms with Gasteiger partial charge in [0.15, 0.2) is 5.13 Å². The molecule has 0 radical (unpaired) electrons. The molecule has 6 nitrogen and oxygen atoms in total. The summed E-state index contributed by atoms with van der Waals surface area (Å²) < 4.78 is 38.3. The lowest BCUT2D eigenvalue weighted by Gasteiger charge is -2.35. The molecule has 1 aliphatic rings. The van der Waals surface area contributed by atoms with Crippen molar-refractivity contribution >= 4 is 39.8 Å². The minimum atomic E-state index is -4.48. The number of thiazole rings is 1. The van der Waals surface area contributed by atoms with Gasteiger partial charge in [0.05, 0.1) is 22.8 Å². The number of carbonyl (C=O) groups is 1. The second-order valence-corrected chi connectivity index (χ2v) is 8.32. The Balaban J connectivity index is 1.53. The molecule has 2 aromatic heterocycles. The van der Waals surface area contributed by atoms with E-state index in [9.17, 15) is 18.0 Å². The van der Waals surface area contributed by atoms with Gasteiger partial charge < -0.3 is 10.2 Å². The van der Waals surface area contributed by atoms with Crippen LogP contribution in [0.5, 0.6) is 0 Å². The molecule has 0 aliphatic carbocycles. The lowest BCUT2D eigenvalue weighted by atomic mass is 10.2. The SMILES string of the molecule is CCc1nc(NC(=O)CN2CCN(c3ncc(C(F)(F)F)cc3Cl)CC2)sc1C. The maximum absolute atomic E-state index is 12.8. The number of aryl methyl sites for hydroxylation is 2. The molecular weight excluding hydrogens is 427 g/mol. The Kier molecular flexibility index (Phi) is 6.65. The molecule has 0 aromatic carbocycles. The van der Waals surface area contributed by atoms with Crippen LogP contribution in [0.4, 0.5) is 24.1 Å². The van der Waals surface area contributed by atoms with Crippen LogP contribution in [0.15, 0.2) is 12.3 Å². The number of rotatable bonds is 5. The predicted molar refractivity (Wildman–Crippen MR) is 108 cm³/mol. The number of halogens is 4. The summed E-state index contributed by atoms with van der Waals surface area (Å²) in [6, 6.07) is 0.893. The molecule has 3 rings (SSSR count). The molecular formula is C18H21ClF3N5OS. The minimum absolute atomic E-state index is 0.0307. The van der Waals surface area contributed by atoms with E-state index in [0.29, 0.717) is 37.1 Å². The number of piperazine rings is 1. The third-order valence-electron chi connectivity index (χ3n) is 4.66. The summed E-state index contributed by atoms with van der Waals surface area (Å²) >= 11 is 7.48. The molecule has 1 amide bonds. The topological polar surface area (TPSA) is 61.4 Å². The molecule has 0 bridgehead atoms. The zero-order valence-corrected chi connectivity index (χ0v) is 17.6. The van der Waals surface area contributed by atoms with Crippen molar-refractivity contribution < 1.29 is 18.0 Å². The van der Waals surface area contributed by atoms with Crippen LogP contribution < -0.4 is 10.2 Å². The standard InChI is InChI=1S/C18H21ClF3N5OS/c1-3-14-11(2)29-17(24-14)25-15(28)10-26-4-6-27(7-5-26)16-13(19)8-12(9-23-16)18(20,21)22/h8-9H,3-7,10H2,1-2H3,(H,24,25,28). The number of carbonyl (C=O) groups excluding carboxylic acids is 1. The molecule has 0 spiro atoms. The van der Waals surface area contributed by atoms with E-state index in [1.165, 1.54) is 11.3 Å². The third kappa shape index (κ3) is 5.37. The van der Waals surface area contributed by atoms with E-state index >= 15 is 0 Å². The van der Waals surface area contributed by atoms with Gasteiger partial charge in [0.1, 0.15) is 5.82 Å². The van der Waals surface area contributed by atoms with Crippen LogP contribution >= 0.6 is 22.9 Å². The smallest absolute Gasteiger partial charge is 0.353 e. The lowest BCUT2D eigenvalue weighted by Crippen LogP contribution is -2.49. The van der Waals surface area contributed by atoms with Crippen molar-refractivity contribution in [3.8, 4) is 0 Å². The van der Waals surface area contributed by atoms with Crippen LogP contribution in [0.25, 0.3) is 0 Å². The molecule has 1 fully saturated rings. The molecule has 1 aliphatic heterocycles. The van der Waals surface area contributed by atoms with Crippen molar-refractivity contribution in [2.45, 2.75) is 26.4 Å². The first kappa shape index (κ1) is 21.8. The molecule has 0 unspecified atom stereocenters. The summed E-state index contributed by atoms with van der Waals surface area (Å²) in [5, 5.41) is 3.40. The van der Waals surface area contributed by atoms with Gasteiger partial charge in [-0.2, -0.15) is 13.2 Å². The fraction of sp³-hybridized carbons (Fsp3) is 0.500. The number of hydrogen-bond donors (Lipinski definition) is 1. The van der Waals surface area contributed by atoms with Crippen molar-refractivity contribution in [2.75, 3.05) is 42.9 Å². The zero-order chi connectivity index (χ0) is 21.2. The van der Waals surface area contributed by atoms with Crippen LogP contribution in [0.3, 0.4) is 0 Å². The van der Waals surface area contributed by atoms with Gasteiger partial charge in [0.2, 0.25) is 5.91 Å². The second kappa shape index (κ2) is 8.85. The number of amides is 1. The number of aromatic nitrogens is 2. The largest absolute Gasteiger partial charge is 0.417 e. The maximum Gasteiger partial charge on any atom is 0.417 e. The van der Waals surface area contributed by atoms with E-state index in [1.54, 1.807) is 0 Å². The first-order valence-corrected chi connectivity index (χ1v) is 10.3. The normalized spacial score (nSPS) is 15.6. The summed E-state index contributed by atoms with van der Waals surface area (Å²) in [6.07, 6.45) is -2.86. The average Bonchev–Trinajstić information content (AvgIpc) is 3.00. The first-order valence-electron chi connectivity index (χ1n) is 9.13. The highest BCUT2D eigenvalue weighted by Crippen LogP contribution is 2.33. The number of pyridine rings is 1. The summed E-state index contributed by atoms with van der Waals surface area (Å²) in [5.41, 5.74) is 0.116. The molecule has 158 valence electrons. The van der Waals surface area contributed by atoms with Crippen LogP contribution in [-0.4, -0.2) is 53.5 Å². The molecule has 29 heavy (non-hydrogen) atoms. The molecule has 0 atom stereocenters. The first-order chi connectivity index (χ1) is 13.7. The van der Waals surface area contributed by atoms with Gasteiger partial charge in [-0.05, 0) is 19.4 Å². The lowest BCUT2D eigenvalue weighted by molar-refractivity contribution is -0.137. The highest BCUT2D eigenvalue weighted by molar-refractivity contribution is 7.15.